The van der Waals surface area contributed by atoms with Crippen LogP contribution in [0, 0.1) is 6.92 Å². The molecule has 0 bridgehead atoms. The Balaban J connectivity index is 2.27. The summed E-state index contributed by atoms with van der Waals surface area (Å²) >= 11 is 1.57. The van der Waals surface area contributed by atoms with Gasteiger partial charge in [-0.25, -0.2) is 15.8 Å². The van der Waals surface area contributed by atoms with Crippen LogP contribution < -0.4 is 11.3 Å². The van der Waals surface area contributed by atoms with Crippen molar-refractivity contribution in [2.75, 3.05) is 5.43 Å². The molecular formula is C12H11N5S. The molecule has 90 valence electrons. The van der Waals surface area contributed by atoms with Gasteiger partial charge >= 0.3 is 0 Å². The summed E-state index contributed by atoms with van der Waals surface area (Å²) in [4.78, 5) is 14.0. The van der Waals surface area contributed by atoms with Crippen LogP contribution in [0.15, 0.2) is 29.9 Å². The highest BCUT2D eigenvalue weighted by atomic mass is 32.1. The number of nitrogens with two attached hydrogens (primary N) is 1. The van der Waals surface area contributed by atoms with Gasteiger partial charge in [0.25, 0.3) is 0 Å². The van der Waals surface area contributed by atoms with Gasteiger partial charge in [-0.1, -0.05) is 0 Å². The minimum absolute atomic E-state index is 0.646. The van der Waals surface area contributed by atoms with Crippen molar-refractivity contribution in [1.82, 2.24) is 15.0 Å². The summed E-state index contributed by atoms with van der Waals surface area (Å²) in [7, 11) is 0. The molecule has 18 heavy (non-hydrogen) atoms. The van der Waals surface area contributed by atoms with E-state index in [0.717, 1.165) is 21.3 Å². The Labute approximate surface area is 108 Å². The molecule has 5 nitrogen and oxygen atoms in total. The number of anilines is 1. The van der Waals surface area contributed by atoms with Crippen LogP contribution in [-0.2, 0) is 0 Å². The Bertz CT molecular complexity index is 707. The molecule has 3 heterocycles. The fourth-order valence-electron chi connectivity index (χ4n) is 1.81. The molecule has 3 aromatic heterocycles. The van der Waals surface area contributed by atoms with Gasteiger partial charge in [0.1, 0.15) is 4.83 Å². The largest absolute Gasteiger partial charge is 0.308 e. The van der Waals surface area contributed by atoms with E-state index in [-0.39, 0.29) is 0 Å². The second kappa shape index (κ2) is 4.32. The maximum atomic E-state index is 5.51. The van der Waals surface area contributed by atoms with E-state index in [4.69, 9.17) is 5.84 Å². The first-order chi connectivity index (χ1) is 8.79. The molecule has 0 fully saturated rings. The number of hydrogen-bond acceptors (Lipinski definition) is 6. The molecule has 0 saturated carbocycles. The van der Waals surface area contributed by atoms with Crippen molar-refractivity contribution in [2.24, 2.45) is 5.84 Å². The Morgan fingerprint density at radius 2 is 2.17 bits per heavy atom. The van der Waals surface area contributed by atoms with E-state index in [1.165, 1.54) is 0 Å². The van der Waals surface area contributed by atoms with Gasteiger partial charge in [-0.3, -0.25) is 4.98 Å². The fraction of sp³-hybridized carbons (Fsp3) is 0.0833. The molecule has 3 N–H and O–H groups in total. The number of nitrogen functional groups attached to an aromatic ring is 1. The zero-order valence-electron chi connectivity index (χ0n) is 9.71. The van der Waals surface area contributed by atoms with Gasteiger partial charge in [0.15, 0.2) is 11.6 Å². The van der Waals surface area contributed by atoms with Crippen molar-refractivity contribution < 1.29 is 0 Å². The predicted molar refractivity (Wildman–Crippen MR) is 73.2 cm³/mol. The maximum Gasteiger partial charge on any atom is 0.163 e. The molecule has 0 aliphatic rings. The SMILES string of the molecule is Cc1cnccc1-c1nc(NN)c2ccsc2n1. The lowest BCUT2D eigenvalue weighted by Crippen LogP contribution is -2.09. The normalized spacial score (nSPS) is 10.8. The molecule has 0 aliphatic carbocycles. The number of hydrazine groups is 1. The fourth-order valence-corrected chi connectivity index (χ4v) is 2.57. The molecule has 0 unspecified atom stereocenters. The Morgan fingerprint density at radius 3 is 2.94 bits per heavy atom. The van der Waals surface area contributed by atoms with Crippen LogP contribution >= 0.6 is 11.3 Å². The first-order valence-corrected chi connectivity index (χ1v) is 6.30. The van der Waals surface area contributed by atoms with E-state index in [0.29, 0.717) is 11.6 Å². The molecule has 0 aromatic carbocycles. The summed E-state index contributed by atoms with van der Waals surface area (Å²) in [5.74, 6) is 6.82. The molecule has 0 amide bonds. The highest BCUT2D eigenvalue weighted by Gasteiger charge is 2.11. The van der Waals surface area contributed by atoms with E-state index in [1.807, 2.05) is 24.4 Å². The van der Waals surface area contributed by atoms with Crippen LogP contribution in [0.3, 0.4) is 0 Å². The molecule has 0 saturated heterocycles. The smallest absolute Gasteiger partial charge is 0.163 e. The number of fused-ring (bicyclic) bond motifs is 1. The average Bonchev–Trinajstić information content (AvgIpc) is 2.86. The molecule has 3 rings (SSSR count). The van der Waals surface area contributed by atoms with Crippen LogP contribution in [0.4, 0.5) is 5.82 Å². The van der Waals surface area contributed by atoms with E-state index in [9.17, 15) is 0 Å². The van der Waals surface area contributed by atoms with Crippen LogP contribution in [0.25, 0.3) is 21.6 Å². The van der Waals surface area contributed by atoms with Gasteiger partial charge in [-0.15, -0.1) is 11.3 Å². The lowest BCUT2D eigenvalue weighted by atomic mass is 10.1. The summed E-state index contributed by atoms with van der Waals surface area (Å²) in [5.41, 5.74) is 4.63. The quantitative estimate of drug-likeness (QED) is 0.544. The monoisotopic (exact) mass is 257 g/mol. The van der Waals surface area contributed by atoms with Crippen LogP contribution in [0.5, 0.6) is 0 Å². The Morgan fingerprint density at radius 1 is 1.28 bits per heavy atom. The molecule has 0 spiro atoms. The molecule has 0 aliphatic heterocycles. The van der Waals surface area contributed by atoms with Gasteiger partial charge in [-0.2, -0.15) is 0 Å². The highest BCUT2D eigenvalue weighted by Crippen LogP contribution is 2.28. The number of thiophene rings is 1. The Hall–Kier alpha value is -2.05. The summed E-state index contributed by atoms with van der Waals surface area (Å²) in [6.45, 7) is 1.99. The van der Waals surface area contributed by atoms with Gasteiger partial charge in [0, 0.05) is 18.0 Å². The van der Waals surface area contributed by atoms with Gasteiger partial charge in [-0.05, 0) is 30.0 Å². The summed E-state index contributed by atoms with van der Waals surface area (Å²) in [6.07, 6.45) is 3.53. The van der Waals surface area contributed by atoms with Crippen LogP contribution in [0.2, 0.25) is 0 Å². The van der Waals surface area contributed by atoms with Crippen LogP contribution in [-0.4, -0.2) is 15.0 Å². The number of nitrogens with zero attached hydrogens (tertiary/aromatic N) is 3. The summed E-state index contributed by atoms with van der Waals surface area (Å²) < 4.78 is 0. The second-order valence-electron chi connectivity index (χ2n) is 3.87. The van der Waals surface area contributed by atoms with Crippen LogP contribution in [0.1, 0.15) is 5.56 Å². The topological polar surface area (TPSA) is 76.7 Å². The van der Waals surface area contributed by atoms with Crippen molar-refractivity contribution in [3.63, 3.8) is 0 Å². The predicted octanol–water partition coefficient (Wildman–Crippen LogP) is 2.35. The second-order valence-corrected chi connectivity index (χ2v) is 4.76. The summed E-state index contributed by atoms with van der Waals surface area (Å²) in [6, 6.07) is 3.86. The van der Waals surface area contributed by atoms with E-state index < -0.39 is 0 Å². The zero-order chi connectivity index (χ0) is 12.5. The highest BCUT2D eigenvalue weighted by molar-refractivity contribution is 7.16. The number of hydrogen-bond donors (Lipinski definition) is 2. The van der Waals surface area contributed by atoms with E-state index in [2.05, 4.69) is 20.4 Å². The van der Waals surface area contributed by atoms with Crippen molar-refractivity contribution in [3.05, 3.63) is 35.5 Å². The molecule has 0 radical (unpaired) electrons. The first kappa shape index (κ1) is 11.1. The third-order valence-electron chi connectivity index (χ3n) is 2.72. The molecule has 3 aromatic rings. The van der Waals surface area contributed by atoms with E-state index >= 15 is 0 Å². The van der Waals surface area contributed by atoms with Gasteiger partial charge in [0.2, 0.25) is 0 Å². The minimum Gasteiger partial charge on any atom is -0.308 e. The van der Waals surface area contributed by atoms with Gasteiger partial charge in [0.05, 0.1) is 5.39 Å². The van der Waals surface area contributed by atoms with Gasteiger partial charge < -0.3 is 5.43 Å². The number of pyridine rings is 1. The van der Waals surface area contributed by atoms with Crippen molar-refractivity contribution in [2.45, 2.75) is 6.92 Å². The molecule has 6 heteroatoms. The molecular weight excluding hydrogens is 246 g/mol. The number of rotatable bonds is 2. The average molecular weight is 257 g/mol. The Kier molecular flexibility index (Phi) is 2.66. The standard InChI is InChI=1S/C12H11N5S/c1-7-6-14-4-2-8(7)10-15-11(17-13)9-3-5-18-12(9)16-10/h2-6H,13H2,1H3,(H,15,16,17). The number of aryl methyl sites for hydroxylation is 1. The third kappa shape index (κ3) is 1.71. The van der Waals surface area contributed by atoms with E-state index in [1.54, 1.807) is 23.7 Å². The third-order valence-corrected chi connectivity index (χ3v) is 3.53. The first-order valence-electron chi connectivity index (χ1n) is 5.42. The van der Waals surface area contributed by atoms with Crippen molar-refractivity contribution >= 4 is 27.4 Å². The number of aromatic nitrogens is 3. The van der Waals surface area contributed by atoms with Crippen molar-refractivity contribution in [3.8, 4) is 11.4 Å². The lowest BCUT2D eigenvalue weighted by Gasteiger charge is -2.06. The van der Waals surface area contributed by atoms with Crippen molar-refractivity contribution in [1.29, 1.82) is 0 Å². The summed E-state index contributed by atoms with van der Waals surface area (Å²) in [5, 5.41) is 2.92. The lowest BCUT2D eigenvalue weighted by molar-refractivity contribution is 1.17. The number of nitrogens with one attached hydrogen (secondary N) is 1. The molecule has 0 atom stereocenters. The minimum atomic E-state index is 0.646. The maximum absolute atomic E-state index is 5.51. The zero-order valence-corrected chi connectivity index (χ0v) is 10.5.